The fraction of sp³-hybridized carbons (Fsp3) is 0.208. The number of amides is 1. The maximum atomic E-state index is 13.0. The van der Waals surface area contributed by atoms with Crippen molar-refractivity contribution in [3.05, 3.63) is 83.3 Å². The summed E-state index contributed by atoms with van der Waals surface area (Å²) in [6.45, 7) is 3.35. The van der Waals surface area contributed by atoms with Gasteiger partial charge in [-0.15, -0.1) is 0 Å². The van der Waals surface area contributed by atoms with Crippen molar-refractivity contribution >= 4 is 23.3 Å². The van der Waals surface area contributed by atoms with Gasteiger partial charge in [-0.3, -0.25) is 4.79 Å². The third kappa shape index (κ3) is 4.76. The topological polar surface area (TPSA) is 85.4 Å². The zero-order valence-corrected chi connectivity index (χ0v) is 18.5. The van der Waals surface area contributed by atoms with Crippen molar-refractivity contribution in [1.29, 1.82) is 0 Å². The summed E-state index contributed by atoms with van der Waals surface area (Å²) in [7, 11) is 0. The maximum absolute atomic E-state index is 13.0. The van der Waals surface area contributed by atoms with Crippen LogP contribution in [0.1, 0.15) is 16.1 Å². The Labute approximate surface area is 195 Å². The molecular formula is C24H22ClN5O3. The van der Waals surface area contributed by atoms with Crippen LogP contribution in [0.5, 0.6) is 0 Å². The smallest absolute Gasteiger partial charge is 0.272 e. The van der Waals surface area contributed by atoms with Crippen LogP contribution in [0, 0.1) is 0 Å². The lowest BCUT2D eigenvalue weighted by Crippen LogP contribution is -2.36. The number of hydrogen-bond donors (Lipinski definition) is 1. The molecule has 1 aliphatic heterocycles. The molecular weight excluding hydrogens is 442 g/mol. The highest BCUT2D eigenvalue weighted by atomic mass is 35.5. The van der Waals surface area contributed by atoms with E-state index in [1.807, 2.05) is 30.3 Å². The average Bonchev–Trinajstić information content (AvgIpc) is 3.54. The van der Waals surface area contributed by atoms with Crippen LogP contribution in [0.15, 0.2) is 71.5 Å². The second-order valence-corrected chi connectivity index (χ2v) is 8.02. The molecule has 1 aromatic carbocycles. The molecule has 4 heterocycles. The number of carbonyl (C=O) groups excluding carboxylic acids is 1. The first-order valence-corrected chi connectivity index (χ1v) is 11.0. The SMILES string of the molecule is O=C(NCc1ccnc(N2CCOCC2)c1)c1cc(-c2ccco2)n(-c2cccc(Cl)c2)n1. The highest BCUT2D eigenvalue weighted by molar-refractivity contribution is 6.30. The number of nitrogens with one attached hydrogen (secondary N) is 1. The molecule has 8 nitrogen and oxygen atoms in total. The predicted molar refractivity (Wildman–Crippen MR) is 125 cm³/mol. The van der Waals surface area contributed by atoms with Crippen molar-refractivity contribution in [2.75, 3.05) is 31.2 Å². The van der Waals surface area contributed by atoms with Crippen molar-refractivity contribution < 1.29 is 13.9 Å². The van der Waals surface area contributed by atoms with Crippen LogP contribution in [0.2, 0.25) is 5.02 Å². The molecule has 0 radical (unpaired) electrons. The number of pyridine rings is 1. The average molecular weight is 464 g/mol. The van der Waals surface area contributed by atoms with Gasteiger partial charge in [0.15, 0.2) is 11.5 Å². The molecule has 1 N–H and O–H groups in total. The van der Waals surface area contributed by atoms with E-state index in [0.29, 0.717) is 36.2 Å². The number of carbonyl (C=O) groups is 1. The van der Waals surface area contributed by atoms with Crippen LogP contribution < -0.4 is 10.2 Å². The number of anilines is 1. The quantitative estimate of drug-likeness (QED) is 0.466. The Kier molecular flexibility index (Phi) is 6.10. The van der Waals surface area contributed by atoms with Gasteiger partial charge >= 0.3 is 0 Å². The highest BCUT2D eigenvalue weighted by Crippen LogP contribution is 2.26. The Morgan fingerprint density at radius 3 is 2.76 bits per heavy atom. The summed E-state index contributed by atoms with van der Waals surface area (Å²) in [4.78, 5) is 19.6. The summed E-state index contributed by atoms with van der Waals surface area (Å²) in [5.41, 5.74) is 2.63. The van der Waals surface area contributed by atoms with E-state index < -0.39 is 0 Å². The Morgan fingerprint density at radius 2 is 1.97 bits per heavy atom. The Bertz CT molecular complexity index is 1250. The maximum Gasteiger partial charge on any atom is 0.272 e. The lowest BCUT2D eigenvalue weighted by molar-refractivity contribution is 0.0945. The van der Waals surface area contributed by atoms with Crippen LogP contribution in [-0.2, 0) is 11.3 Å². The molecule has 1 saturated heterocycles. The monoisotopic (exact) mass is 463 g/mol. The first-order valence-electron chi connectivity index (χ1n) is 10.6. The molecule has 0 aliphatic carbocycles. The molecule has 168 valence electrons. The fourth-order valence-corrected chi connectivity index (χ4v) is 3.89. The van der Waals surface area contributed by atoms with Crippen LogP contribution in [0.25, 0.3) is 17.1 Å². The molecule has 3 aromatic heterocycles. The van der Waals surface area contributed by atoms with Gasteiger partial charge in [-0.05, 0) is 48.0 Å². The van der Waals surface area contributed by atoms with Crippen LogP contribution >= 0.6 is 11.6 Å². The number of rotatable bonds is 6. The van der Waals surface area contributed by atoms with Gasteiger partial charge in [0.25, 0.3) is 5.91 Å². The van der Waals surface area contributed by atoms with E-state index in [0.717, 1.165) is 30.2 Å². The van der Waals surface area contributed by atoms with E-state index in [4.69, 9.17) is 20.8 Å². The number of aromatic nitrogens is 3. The number of nitrogens with zero attached hydrogens (tertiary/aromatic N) is 4. The molecule has 4 aromatic rings. The number of morpholine rings is 1. The first-order chi connectivity index (χ1) is 16.2. The van der Waals surface area contributed by atoms with Gasteiger partial charge in [0.1, 0.15) is 11.5 Å². The molecule has 0 saturated carbocycles. The van der Waals surface area contributed by atoms with E-state index >= 15 is 0 Å². The molecule has 0 atom stereocenters. The van der Waals surface area contributed by atoms with E-state index in [-0.39, 0.29) is 11.6 Å². The van der Waals surface area contributed by atoms with E-state index in [2.05, 4.69) is 20.3 Å². The minimum absolute atomic E-state index is 0.281. The molecule has 1 fully saturated rings. The van der Waals surface area contributed by atoms with Crippen LogP contribution in [0.3, 0.4) is 0 Å². The standard InChI is InChI=1S/C24H22ClN5O3/c25-18-3-1-4-19(14-18)30-21(22-5-2-10-33-22)15-20(28-30)24(31)27-16-17-6-7-26-23(13-17)29-8-11-32-12-9-29/h1-7,10,13-15H,8-9,11-12,16H2,(H,27,31). The second-order valence-electron chi connectivity index (χ2n) is 7.59. The van der Waals surface area contributed by atoms with Gasteiger partial charge in [-0.25, -0.2) is 9.67 Å². The number of furan rings is 1. The predicted octanol–water partition coefficient (Wildman–Crippen LogP) is 3.95. The van der Waals surface area contributed by atoms with Crippen molar-refractivity contribution in [1.82, 2.24) is 20.1 Å². The fourth-order valence-electron chi connectivity index (χ4n) is 3.71. The van der Waals surface area contributed by atoms with Crippen molar-refractivity contribution in [3.8, 4) is 17.1 Å². The highest BCUT2D eigenvalue weighted by Gasteiger charge is 2.19. The zero-order chi connectivity index (χ0) is 22.6. The first kappa shape index (κ1) is 21.2. The largest absolute Gasteiger partial charge is 0.463 e. The number of halogens is 1. The van der Waals surface area contributed by atoms with E-state index in [1.165, 1.54) is 0 Å². The lowest BCUT2D eigenvalue weighted by atomic mass is 10.2. The molecule has 0 spiro atoms. The van der Waals surface area contributed by atoms with Gasteiger partial charge in [0.2, 0.25) is 0 Å². The van der Waals surface area contributed by atoms with Crippen molar-refractivity contribution in [3.63, 3.8) is 0 Å². The summed E-state index contributed by atoms with van der Waals surface area (Å²) < 4.78 is 12.6. The van der Waals surface area contributed by atoms with Crippen molar-refractivity contribution in [2.45, 2.75) is 6.54 Å². The zero-order valence-electron chi connectivity index (χ0n) is 17.8. The molecule has 0 unspecified atom stereocenters. The summed E-state index contributed by atoms with van der Waals surface area (Å²) in [6.07, 6.45) is 3.34. The summed E-state index contributed by atoms with van der Waals surface area (Å²) in [6, 6.07) is 16.5. The Morgan fingerprint density at radius 1 is 1.09 bits per heavy atom. The van der Waals surface area contributed by atoms with Crippen LogP contribution in [0.4, 0.5) is 5.82 Å². The molecule has 9 heteroatoms. The molecule has 5 rings (SSSR count). The summed E-state index contributed by atoms with van der Waals surface area (Å²) in [5.74, 6) is 1.20. The third-order valence-corrected chi connectivity index (χ3v) is 5.60. The minimum atomic E-state index is -0.284. The summed E-state index contributed by atoms with van der Waals surface area (Å²) >= 11 is 6.17. The molecule has 0 bridgehead atoms. The minimum Gasteiger partial charge on any atom is -0.463 e. The number of benzene rings is 1. The van der Waals surface area contributed by atoms with E-state index in [9.17, 15) is 4.79 Å². The van der Waals surface area contributed by atoms with Gasteiger partial charge in [0, 0.05) is 36.9 Å². The number of ether oxygens (including phenoxy) is 1. The van der Waals surface area contributed by atoms with Crippen LogP contribution in [-0.4, -0.2) is 47.0 Å². The molecule has 1 amide bonds. The Hall–Kier alpha value is -3.62. The van der Waals surface area contributed by atoms with Gasteiger partial charge in [-0.2, -0.15) is 5.10 Å². The number of hydrogen-bond acceptors (Lipinski definition) is 6. The normalized spacial score (nSPS) is 13.8. The van der Waals surface area contributed by atoms with Gasteiger partial charge in [-0.1, -0.05) is 17.7 Å². The second kappa shape index (κ2) is 9.48. The van der Waals surface area contributed by atoms with Gasteiger partial charge < -0.3 is 19.4 Å². The third-order valence-electron chi connectivity index (χ3n) is 5.37. The lowest BCUT2D eigenvalue weighted by Gasteiger charge is -2.28. The van der Waals surface area contributed by atoms with E-state index in [1.54, 1.807) is 41.4 Å². The summed E-state index contributed by atoms with van der Waals surface area (Å²) in [5, 5.41) is 8.06. The molecule has 1 aliphatic rings. The molecule has 33 heavy (non-hydrogen) atoms. The Balaban J connectivity index is 1.35. The van der Waals surface area contributed by atoms with Crippen molar-refractivity contribution in [2.24, 2.45) is 0 Å². The van der Waals surface area contributed by atoms with Gasteiger partial charge in [0.05, 0.1) is 25.2 Å².